The SMILES string of the molecule is Cc1cc(OCC[C@H](C)Oc2ccc(F)cc2C(=O)c2ccccc2)ccc1CCC(=O)O. The van der Waals surface area contributed by atoms with Crippen molar-refractivity contribution in [2.75, 3.05) is 6.61 Å². The molecule has 3 aromatic carbocycles. The molecule has 0 radical (unpaired) electrons. The second-order valence-electron chi connectivity index (χ2n) is 7.88. The molecule has 1 atom stereocenters. The van der Waals surface area contributed by atoms with Crippen molar-refractivity contribution in [3.8, 4) is 11.5 Å². The summed E-state index contributed by atoms with van der Waals surface area (Å²) < 4.78 is 25.6. The van der Waals surface area contributed by atoms with Crippen LogP contribution in [0.1, 0.15) is 46.8 Å². The van der Waals surface area contributed by atoms with Gasteiger partial charge in [0.05, 0.1) is 18.3 Å². The number of hydrogen-bond acceptors (Lipinski definition) is 4. The first-order valence-corrected chi connectivity index (χ1v) is 10.8. The van der Waals surface area contributed by atoms with Gasteiger partial charge in [-0.1, -0.05) is 36.4 Å². The predicted molar refractivity (Wildman–Crippen MR) is 124 cm³/mol. The fourth-order valence-electron chi connectivity index (χ4n) is 3.43. The summed E-state index contributed by atoms with van der Waals surface area (Å²) in [5.74, 6) is -0.595. The Bertz CT molecular complexity index is 1110. The number of halogens is 1. The van der Waals surface area contributed by atoms with E-state index >= 15 is 0 Å². The quantitative estimate of drug-likeness (QED) is 0.384. The number of aryl methyl sites for hydroxylation is 2. The monoisotopic (exact) mass is 450 g/mol. The summed E-state index contributed by atoms with van der Waals surface area (Å²) in [5, 5.41) is 8.84. The van der Waals surface area contributed by atoms with Crippen LogP contribution >= 0.6 is 0 Å². The van der Waals surface area contributed by atoms with Gasteiger partial charge in [0.25, 0.3) is 0 Å². The van der Waals surface area contributed by atoms with Crippen LogP contribution in [0.15, 0.2) is 66.7 Å². The van der Waals surface area contributed by atoms with Crippen molar-refractivity contribution in [1.82, 2.24) is 0 Å². The van der Waals surface area contributed by atoms with E-state index in [1.807, 2.05) is 38.1 Å². The van der Waals surface area contributed by atoms with Crippen molar-refractivity contribution in [3.63, 3.8) is 0 Å². The number of carbonyl (C=O) groups is 2. The molecule has 0 spiro atoms. The van der Waals surface area contributed by atoms with E-state index in [-0.39, 0.29) is 23.9 Å². The minimum Gasteiger partial charge on any atom is -0.493 e. The molecule has 0 fully saturated rings. The Morgan fingerprint density at radius 3 is 2.48 bits per heavy atom. The van der Waals surface area contributed by atoms with Crippen LogP contribution in [0.5, 0.6) is 11.5 Å². The van der Waals surface area contributed by atoms with Gasteiger partial charge < -0.3 is 14.6 Å². The topological polar surface area (TPSA) is 72.8 Å². The Balaban J connectivity index is 1.58. The zero-order chi connectivity index (χ0) is 23.8. The molecule has 6 heteroatoms. The van der Waals surface area contributed by atoms with Crippen molar-refractivity contribution in [3.05, 3.63) is 94.8 Å². The van der Waals surface area contributed by atoms with Crippen molar-refractivity contribution < 1.29 is 28.6 Å². The maximum atomic E-state index is 13.8. The summed E-state index contributed by atoms with van der Waals surface area (Å²) in [7, 11) is 0. The summed E-state index contributed by atoms with van der Waals surface area (Å²) in [4.78, 5) is 23.6. The van der Waals surface area contributed by atoms with Gasteiger partial charge >= 0.3 is 5.97 Å². The third-order valence-electron chi connectivity index (χ3n) is 5.27. The second-order valence-corrected chi connectivity index (χ2v) is 7.88. The molecular weight excluding hydrogens is 423 g/mol. The van der Waals surface area contributed by atoms with Crippen LogP contribution in [0.2, 0.25) is 0 Å². The molecule has 0 aliphatic rings. The highest BCUT2D eigenvalue weighted by Crippen LogP contribution is 2.25. The van der Waals surface area contributed by atoms with Crippen LogP contribution < -0.4 is 9.47 Å². The lowest BCUT2D eigenvalue weighted by molar-refractivity contribution is -0.136. The third-order valence-corrected chi connectivity index (χ3v) is 5.27. The van der Waals surface area contributed by atoms with E-state index in [0.29, 0.717) is 36.5 Å². The van der Waals surface area contributed by atoms with Crippen LogP contribution in [-0.2, 0) is 11.2 Å². The highest BCUT2D eigenvalue weighted by Gasteiger charge is 2.17. The molecule has 3 aromatic rings. The van der Waals surface area contributed by atoms with Gasteiger partial charge in [-0.3, -0.25) is 9.59 Å². The summed E-state index contributed by atoms with van der Waals surface area (Å²) >= 11 is 0. The maximum Gasteiger partial charge on any atom is 0.303 e. The summed E-state index contributed by atoms with van der Waals surface area (Å²) in [5.41, 5.74) is 2.61. The number of aliphatic carboxylic acids is 1. The fourth-order valence-corrected chi connectivity index (χ4v) is 3.43. The van der Waals surface area contributed by atoms with Crippen molar-refractivity contribution in [2.24, 2.45) is 0 Å². The lowest BCUT2D eigenvalue weighted by atomic mass is 10.0. The number of rotatable bonds is 11. The Kier molecular flexibility index (Phi) is 8.19. The molecule has 0 saturated carbocycles. The highest BCUT2D eigenvalue weighted by molar-refractivity contribution is 6.10. The molecule has 33 heavy (non-hydrogen) atoms. The van der Waals surface area contributed by atoms with Gasteiger partial charge in [0.1, 0.15) is 17.3 Å². The van der Waals surface area contributed by atoms with Crippen molar-refractivity contribution >= 4 is 11.8 Å². The summed E-state index contributed by atoms with van der Waals surface area (Å²) in [6, 6.07) is 18.2. The van der Waals surface area contributed by atoms with E-state index in [1.165, 1.54) is 18.2 Å². The normalized spacial score (nSPS) is 11.6. The van der Waals surface area contributed by atoms with Gasteiger partial charge in [0, 0.05) is 18.4 Å². The molecule has 0 aliphatic heterocycles. The first-order valence-electron chi connectivity index (χ1n) is 10.8. The highest BCUT2D eigenvalue weighted by atomic mass is 19.1. The van der Waals surface area contributed by atoms with E-state index in [2.05, 4.69) is 0 Å². The van der Waals surface area contributed by atoms with Crippen LogP contribution in [0, 0.1) is 12.7 Å². The van der Waals surface area contributed by atoms with Gasteiger partial charge in [0.15, 0.2) is 5.78 Å². The van der Waals surface area contributed by atoms with Crippen LogP contribution in [0.4, 0.5) is 4.39 Å². The van der Waals surface area contributed by atoms with Gasteiger partial charge in [-0.15, -0.1) is 0 Å². The first kappa shape index (κ1) is 24.0. The maximum absolute atomic E-state index is 13.8. The Morgan fingerprint density at radius 2 is 1.79 bits per heavy atom. The molecule has 172 valence electrons. The largest absolute Gasteiger partial charge is 0.493 e. The fraction of sp³-hybridized carbons (Fsp3) is 0.259. The molecule has 5 nitrogen and oxygen atoms in total. The molecule has 3 rings (SSSR count). The van der Waals surface area contributed by atoms with E-state index in [0.717, 1.165) is 11.1 Å². The Hall–Kier alpha value is -3.67. The van der Waals surface area contributed by atoms with Crippen molar-refractivity contribution in [2.45, 2.75) is 39.2 Å². The van der Waals surface area contributed by atoms with Crippen LogP contribution in [0.3, 0.4) is 0 Å². The summed E-state index contributed by atoms with van der Waals surface area (Å²) in [6.45, 7) is 4.18. The first-order chi connectivity index (χ1) is 15.8. The lowest BCUT2D eigenvalue weighted by Crippen LogP contribution is -2.18. The molecule has 0 amide bonds. The summed E-state index contributed by atoms with van der Waals surface area (Å²) in [6.07, 6.45) is 0.854. The average Bonchev–Trinajstić information content (AvgIpc) is 2.79. The van der Waals surface area contributed by atoms with Gasteiger partial charge in [-0.05, 0) is 61.7 Å². The minimum absolute atomic E-state index is 0.0913. The Labute approximate surface area is 192 Å². The van der Waals surface area contributed by atoms with Crippen molar-refractivity contribution in [1.29, 1.82) is 0 Å². The number of ether oxygens (including phenoxy) is 2. The molecule has 0 unspecified atom stereocenters. The molecule has 0 bridgehead atoms. The number of carbonyl (C=O) groups excluding carboxylic acids is 1. The lowest BCUT2D eigenvalue weighted by Gasteiger charge is -2.18. The molecule has 0 heterocycles. The number of benzene rings is 3. The Morgan fingerprint density at radius 1 is 1.03 bits per heavy atom. The third kappa shape index (κ3) is 6.91. The van der Waals surface area contributed by atoms with E-state index < -0.39 is 11.8 Å². The molecular formula is C27H27FO5. The average molecular weight is 451 g/mol. The van der Waals surface area contributed by atoms with Crippen LogP contribution in [-0.4, -0.2) is 29.6 Å². The number of carboxylic acids is 1. The molecule has 0 aromatic heterocycles. The molecule has 0 saturated heterocycles. The predicted octanol–water partition coefficient (Wildman–Crippen LogP) is 5.62. The molecule has 1 N–H and O–H groups in total. The van der Waals surface area contributed by atoms with E-state index in [1.54, 1.807) is 24.3 Å². The van der Waals surface area contributed by atoms with E-state index in [9.17, 15) is 14.0 Å². The molecule has 0 aliphatic carbocycles. The standard InChI is InChI=1S/C27H27FO5/c1-18-16-23(11-8-20(18)9-13-26(29)30)32-15-14-19(2)33-25-12-10-22(28)17-24(25)27(31)21-6-4-3-5-7-21/h3-8,10-12,16-17,19H,9,13-15H2,1-2H3,(H,29,30)/t19-/m0/s1. The minimum atomic E-state index is -0.821. The van der Waals surface area contributed by atoms with Crippen LogP contribution in [0.25, 0.3) is 0 Å². The number of ketones is 1. The smallest absolute Gasteiger partial charge is 0.303 e. The van der Waals surface area contributed by atoms with Gasteiger partial charge in [0.2, 0.25) is 0 Å². The zero-order valence-corrected chi connectivity index (χ0v) is 18.7. The number of carboxylic acid groups (broad SMARTS) is 1. The number of hydrogen-bond donors (Lipinski definition) is 1. The second kappa shape index (κ2) is 11.3. The van der Waals surface area contributed by atoms with Gasteiger partial charge in [-0.2, -0.15) is 0 Å². The van der Waals surface area contributed by atoms with Gasteiger partial charge in [-0.25, -0.2) is 4.39 Å². The zero-order valence-electron chi connectivity index (χ0n) is 18.7. The van der Waals surface area contributed by atoms with E-state index in [4.69, 9.17) is 14.6 Å².